The molecule has 19 heavy (non-hydrogen) atoms. The number of hydrogen-bond donors (Lipinski definition) is 0. The lowest BCUT2D eigenvalue weighted by molar-refractivity contribution is 0.0591. The Morgan fingerprint density at radius 2 is 2.21 bits per heavy atom. The molecule has 6 heteroatoms. The summed E-state index contributed by atoms with van der Waals surface area (Å²) in [6.07, 6.45) is 2.04. The van der Waals surface area contributed by atoms with Crippen LogP contribution in [0.4, 0.5) is 0 Å². The maximum atomic E-state index is 11.5. The number of rotatable bonds is 3. The molecule has 0 aliphatic carbocycles. The number of aryl methyl sites for hydroxylation is 1. The Morgan fingerprint density at radius 1 is 1.47 bits per heavy atom. The van der Waals surface area contributed by atoms with Crippen molar-refractivity contribution in [1.29, 1.82) is 0 Å². The van der Waals surface area contributed by atoms with E-state index in [1.165, 1.54) is 18.0 Å². The Hall–Kier alpha value is -2.14. The Bertz CT molecular complexity index is 649. The molecule has 0 saturated heterocycles. The molecule has 0 aliphatic rings. The lowest BCUT2D eigenvalue weighted by Gasteiger charge is -2.05. The van der Waals surface area contributed by atoms with Gasteiger partial charge in [-0.25, -0.2) is 9.48 Å². The van der Waals surface area contributed by atoms with Crippen molar-refractivity contribution < 1.29 is 14.3 Å². The van der Waals surface area contributed by atoms with Gasteiger partial charge in [-0.2, -0.15) is 5.10 Å². The van der Waals surface area contributed by atoms with Crippen LogP contribution >= 0.6 is 11.6 Å². The van der Waals surface area contributed by atoms with E-state index in [0.29, 0.717) is 17.0 Å². The number of carbonyl (C=O) groups excluding carboxylic acids is 2. The molecule has 0 amide bonds. The first-order chi connectivity index (χ1) is 9.06. The smallest absolute Gasteiger partial charge is 0.359 e. The number of benzene rings is 1. The number of hydrogen-bond acceptors (Lipinski definition) is 4. The van der Waals surface area contributed by atoms with Crippen molar-refractivity contribution in [2.45, 2.75) is 6.92 Å². The maximum absolute atomic E-state index is 11.5. The Kier molecular flexibility index (Phi) is 3.66. The van der Waals surface area contributed by atoms with Gasteiger partial charge in [0.1, 0.15) is 0 Å². The van der Waals surface area contributed by atoms with E-state index in [0.717, 1.165) is 5.56 Å². The van der Waals surface area contributed by atoms with Crippen LogP contribution in [-0.4, -0.2) is 29.1 Å². The average Bonchev–Trinajstić information content (AvgIpc) is 2.84. The minimum atomic E-state index is -0.652. The normalized spacial score (nSPS) is 10.3. The highest BCUT2D eigenvalue weighted by Gasteiger charge is 2.18. The van der Waals surface area contributed by atoms with E-state index in [1.54, 1.807) is 12.1 Å². The molecular formula is C13H11ClN2O3. The molecule has 0 aliphatic heterocycles. The Balaban J connectivity index is 2.57. The van der Waals surface area contributed by atoms with Crippen LogP contribution in [0.25, 0.3) is 5.69 Å². The molecule has 2 rings (SSSR count). The number of esters is 1. The molecule has 0 unspecified atom stereocenters. The summed E-state index contributed by atoms with van der Waals surface area (Å²) in [6, 6.07) is 5.29. The van der Waals surface area contributed by atoms with Gasteiger partial charge in [0.15, 0.2) is 12.0 Å². The quantitative estimate of drug-likeness (QED) is 0.639. The van der Waals surface area contributed by atoms with Gasteiger partial charge in [-0.05, 0) is 24.6 Å². The van der Waals surface area contributed by atoms with E-state index in [4.69, 9.17) is 11.6 Å². The zero-order valence-corrected chi connectivity index (χ0v) is 11.1. The molecule has 1 heterocycles. The zero-order valence-electron chi connectivity index (χ0n) is 10.4. The predicted molar refractivity (Wildman–Crippen MR) is 70.0 cm³/mol. The van der Waals surface area contributed by atoms with Crippen LogP contribution in [0.3, 0.4) is 0 Å². The number of methoxy groups -OCH3 is 1. The molecule has 2 aromatic rings. The SMILES string of the molecule is COC(=O)c1nn(-c2cc(Cl)ccc2C)cc1C=O. The van der Waals surface area contributed by atoms with Crippen LogP contribution in [-0.2, 0) is 4.74 Å². The number of aldehydes is 1. The molecule has 0 radical (unpaired) electrons. The first-order valence-electron chi connectivity index (χ1n) is 5.46. The monoisotopic (exact) mass is 278 g/mol. The molecule has 1 aromatic heterocycles. The molecule has 0 spiro atoms. The van der Waals surface area contributed by atoms with Crippen molar-refractivity contribution in [2.75, 3.05) is 7.11 Å². The highest BCUT2D eigenvalue weighted by Crippen LogP contribution is 2.20. The van der Waals surface area contributed by atoms with Gasteiger partial charge in [-0.15, -0.1) is 0 Å². The predicted octanol–water partition coefficient (Wildman–Crippen LogP) is 2.43. The highest BCUT2D eigenvalue weighted by atomic mass is 35.5. The van der Waals surface area contributed by atoms with Gasteiger partial charge in [-0.3, -0.25) is 4.79 Å². The number of nitrogens with zero attached hydrogens (tertiary/aromatic N) is 2. The summed E-state index contributed by atoms with van der Waals surface area (Å²) in [4.78, 5) is 22.5. The van der Waals surface area contributed by atoms with Crippen LogP contribution in [0.5, 0.6) is 0 Å². The molecule has 0 saturated carbocycles. The van der Waals surface area contributed by atoms with Crippen molar-refractivity contribution in [3.63, 3.8) is 0 Å². The van der Waals surface area contributed by atoms with Gasteiger partial charge in [0, 0.05) is 11.2 Å². The van der Waals surface area contributed by atoms with Gasteiger partial charge in [0.05, 0.1) is 18.4 Å². The first-order valence-corrected chi connectivity index (χ1v) is 5.84. The van der Waals surface area contributed by atoms with Crippen LogP contribution in [0.15, 0.2) is 24.4 Å². The summed E-state index contributed by atoms with van der Waals surface area (Å²) in [7, 11) is 1.24. The fourth-order valence-corrected chi connectivity index (χ4v) is 1.85. The summed E-state index contributed by atoms with van der Waals surface area (Å²) in [6.45, 7) is 1.88. The van der Waals surface area contributed by atoms with E-state index in [2.05, 4.69) is 9.84 Å². The largest absolute Gasteiger partial charge is 0.464 e. The second kappa shape index (κ2) is 5.24. The second-order valence-electron chi connectivity index (χ2n) is 3.92. The lowest BCUT2D eigenvalue weighted by atomic mass is 10.2. The van der Waals surface area contributed by atoms with Crippen molar-refractivity contribution >= 4 is 23.9 Å². The summed E-state index contributed by atoms with van der Waals surface area (Å²) >= 11 is 5.93. The highest BCUT2D eigenvalue weighted by molar-refractivity contribution is 6.30. The van der Waals surface area contributed by atoms with E-state index < -0.39 is 5.97 Å². The topological polar surface area (TPSA) is 61.2 Å². The fourth-order valence-electron chi connectivity index (χ4n) is 1.68. The number of aromatic nitrogens is 2. The molecule has 0 N–H and O–H groups in total. The summed E-state index contributed by atoms with van der Waals surface area (Å²) in [5.74, 6) is -0.652. The van der Waals surface area contributed by atoms with Crippen LogP contribution in [0.2, 0.25) is 5.02 Å². The van der Waals surface area contributed by atoms with Crippen LogP contribution in [0.1, 0.15) is 26.4 Å². The van der Waals surface area contributed by atoms with E-state index >= 15 is 0 Å². The van der Waals surface area contributed by atoms with Crippen molar-refractivity contribution in [2.24, 2.45) is 0 Å². The standard InChI is InChI=1S/C13H11ClN2O3/c1-8-3-4-10(14)5-11(8)16-6-9(7-17)12(15-16)13(18)19-2/h3-7H,1-2H3. The van der Waals surface area contributed by atoms with Crippen LogP contribution < -0.4 is 0 Å². The zero-order chi connectivity index (χ0) is 14.0. The fraction of sp³-hybridized carbons (Fsp3) is 0.154. The van der Waals surface area contributed by atoms with E-state index in [1.807, 2.05) is 13.0 Å². The van der Waals surface area contributed by atoms with Gasteiger partial charge in [0.2, 0.25) is 0 Å². The van der Waals surface area contributed by atoms with Gasteiger partial charge < -0.3 is 4.74 Å². The number of halogens is 1. The van der Waals surface area contributed by atoms with Crippen LogP contribution in [0, 0.1) is 6.92 Å². The molecule has 1 aromatic carbocycles. The average molecular weight is 279 g/mol. The summed E-state index contributed by atoms with van der Waals surface area (Å²) in [5, 5.41) is 4.62. The molecular weight excluding hydrogens is 268 g/mol. The molecule has 0 atom stereocenters. The van der Waals surface area contributed by atoms with Gasteiger partial charge >= 0.3 is 5.97 Å². The van der Waals surface area contributed by atoms with Gasteiger partial charge in [-0.1, -0.05) is 17.7 Å². The summed E-state index contributed by atoms with van der Waals surface area (Å²) in [5.41, 5.74) is 1.77. The van der Waals surface area contributed by atoms with Crippen molar-refractivity contribution in [3.05, 3.63) is 46.2 Å². The molecule has 98 valence electrons. The Morgan fingerprint density at radius 3 is 2.84 bits per heavy atom. The van der Waals surface area contributed by atoms with E-state index in [9.17, 15) is 9.59 Å². The third-order valence-electron chi connectivity index (χ3n) is 2.67. The van der Waals surface area contributed by atoms with Crippen molar-refractivity contribution in [3.8, 4) is 5.69 Å². The molecule has 5 nitrogen and oxygen atoms in total. The van der Waals surface area contributed by atoms with E-state index in [-0.39, 0.29) is 11.3 Å². The minimum Gasteiger partial charge on any atom is -0.464 e. The second-order valence-corrected chi connectivity index (χ2v) is 4.35. The third kappa shape index (κ3) is 2.51. The molecule has 0 bridgehead atoms. The lowest BCUT2D eigenvalue weighted by Crippen LogP contribution is -2.06. The third-order valence-corrected chi connectivity index (χ3v) is 2.90. The van der Waals surface area contributed by atoms with Gasteiger partial charge in [0.25, 0.3) is 0 Å². The summed E-state index contributed by atoms with van der Waals surface area (Å²) < 4.78 is 6.02. The Labute approximate surface area is 114 Å². The maximum Gasteiger partial charge on any atom is 0.359 e. The molecule has 0 fully saturated rings. The minimum absolute atomic E-state index is 0.0168. The van der Waals surface area contributed by atoms with Crippen molar-refractivity contribution in [1.82, 2.24) is 9.78 Å². The number of carbonyl (C=O) groups is 2. The first kappa shape index (κ1) is 13.3. The number of ether oxygens (including phenoxy) is 1.